The van der Waals surface area contributed by atoms with E-state index in [9.17, 15) is 43.8 Å². The van der Waals surface area contributed by atoms with E-state index in [1.54, 1.807) is 12.1 Å². The van der Waals surface area contributed by atoms with Crippen LogP contribution < -0.4 is 31.9 Å². The lowest BCUT2D eigenvalue weighted by Gasteiger charge is -2.31. The normalized spacial score (nSPS) is 14.3. The van der Waals surface area contributed by atoms with E-state index in [1.165, 1.54) is 27.8 Å². The van der Waals surface area contributed by atoms with E-state index in [1.807, 2.05) is 26.0 Å². The van der Waals surface area contributed by atoms with Gasteiger partial charge in [0.2, 0.25) is 35.4 Å². The highest BCUT2D eigenvalue weighted by Crippen LogP contribution is 2.11. The van der Waals surface area contributed by atoms with E-state index < -0.39 is 104 Å². The predicted octanol–water partition coefficient (Wildman–Crippen LogP) is -2.11. The predicted molar refractivity (Wildman–Crippen MR) is 204 cm³/mol. The van der Waals surface area contributed by atoms with Crippen molar-refractivity contribution in [2.24, 2.45) is 5.92 Å². The van der Waals surface area contributed by atoms with Crippen LogP contribution in [-0.2, 0) is 35.2 Å². The Labute approximate surface area is 323 Å². The Bertz CT molecular complexity index is 1430. The molecule has 0 heterocycles. The van der Waals surface area contributed by atoms with Gasteiger partial charge in [0.15, 0.2) is 0 Å². The largest absolute Gasteiger partial charge is 0.472 e. The van der Waals surface area contributed by atoms with Gasteiger partial charge in [-0.05, 0) is 63.6 Å². The molecule has 0 aliphatic heterocycles. The molecule has 1 rings (SSSR count). The molecule has 0 saturated heterocycles. The van der Waals surface area contributed by atoms with Gasteiger partial charge in [0.1, 0.15) is 30.2 Å². The van der Waals surface area contributed by atoms with Gasteiger partial charge in [0, 0.05) is 12.6 Å². The Morgan fingerprint density at radius 1 is 0.727 bits per heavy atom. The Balaban J connectivity index is 2.75. The Morgan fingerprint density at radius 2 is 1.33 bits per heavy atom. The standard InChI is InChI=1S/C36H60BN7O11/c1-8-9-10-11-12-25-13-15-26(16-14-25)33(50)43-28(19-45)35(52)40-22(4)31(48)38-18-29(47)44(7)30(24(6)46)36(53)41-23(5)32(49)42-27(17-21(2)3)34(51)39-20-37(54)55/h13-16,21-24,27-28,30,45-46,54-55H,8-12,17-20H2,1-7H3,(H,38,48)(H,39,51)(H,40,52)(H,41,53)(H,42,49)(H,43,50)/t22-,23+,24?,27?,28-,30?/m1/s1. The summed E-state index contributed by atoms with van der Waals surface area (Å²) >= 11 is 0. The van der Waals surface area contributed by atoms with E-state index >= 15 is 0 Å². The number of hydrogen-bond acceptors (Lipinski definition) is 11. The maximum absolute atomic E-state index is 13.2. The number of hydrogen-bond donors (Lipinski definition) is 10. The van der Waals surface area contributed by atoms with Crippen LogP contribution in [0.4, 0.5) is 0 Å². The second kappa shape index (κ2) is 24.7. The van der Waals surface area contributed by atoms with Crippen molar-refractivity contribution < 1.29 is 53.8 Å². The molecule has 6 atom stereocenters. The van der Waals surface area contributed by atoms with Gasteiger partial charge >= 0.3 is 7.12 Å². The minimum Gasteiger partial charge on any atom is -0.426 e. The van der Waals surface area contributed by atoms with Gasteiger partial charge in [-0.25, -0.2) is 0 Å². The third-order valence-electron chi connectivity index (χ3n) is 8.59. The summed E-state index contributed by atoms with van der Waals surface area (Å²) in [7, 11) is -0.591. The van der Waals surface area contributed by atoms with Gasteiger partial charge in [-0.2, -0.15) is 0 Å². The van der Waals surface area contributed by atoms with Crippen LogP contribution in [0.1, 0.15) is 89.6 Å². The summed E-state index contributed by atoms with van der Waals surface area (Å²) in [5.41, 5.74) is 1.36. The fourth-order valence-corrected chi connectivity index (χ4v) is 5.39. The molecule has 19 heteroatoms. The molecule has 0 aliphatic carbocycles. The second-order valence-electron chi connectivity index (χ2n) is 14.0. The van der Waals surface area contributed by atoms with Crippen molar-refractivity contribution in [2.45, 2.75) is 116 Å². The van der Waals surface area contributed by atoms with Gasteiger partial charge in [0.05, 0.1) is 25.7 Å². The minimum atomic E-state index is -1.79. The summed E-state index contributed by atoms with van der Waals surface area (Å²) < 4.78 is 0. The van der Waals surface area contributed by atoms with Crippen molar-refractivity contribution in [1.29, 1.82) is 0 Å². The van der Waals surface area contributed by atoms with Crippen LogP contribution in [0.5, 0.6) is 0 Å². The summed E-state index contributed by atoms with van der Waals surface area (Å²) in [6.07, 6.45) is 3.64. The molecule has 1 aromatic carbocycles. The van der Waals surface area contributed by atoms with E-state index in [2.05, 4.69) is 38.8 Å². The van der Waals surface area contributed by atoms with Crippen LogP contribution in [0, 0.1) is 5.92 Å². The molecule has 0 fully saturated rings. The smallest absolute Gasteiger partial charge is 0.426 e. The summed E-state index contributed by atoms with van der Waals surface area (Å²) in [5, 5.41) is 52.6. The fraction of sp³-hybridized carbons (Fsp3) is 0.639. The molecule has 0 saturated carbocycles. The quantitative estimate of drug-likeness (QED) is 0.0401. The summed E-state index contributed by atoms with van der Waals surface area (Å²) in [5.74, 6) is -5.43. The number of carbonyl (C=O) groups is 7. The van der Waals surface area contributed by atoms with Crippen LogP contribution in [0.15, 0.2) is 24.3 Å². The van der Waals surface area contributed by atoms with Crippen molar-refractivity contribution in [1.82, 2.24) is 36.8 Å². The molecule has 0 aromatic heterocycles. The monoisotopic (exact) mass is 777 g/mol. The molecular weight excluding hydrogens is 717 g/mol. The second-order valence-corrected chi connectivity index (χ2v) is 14.0. The number of aliphatic hydroxyl groups is 2. The SMILES string of the molecule is CCCCCCc1ccc(C(=O)N[C@H](CO)C(=O)N[C@H](C)C(=O)NCC(=O)N(C)C(C(=O)N[C@@H](C)C(=O)NC(CC(C)C)C(=O)NCB(O)O)C(C)O)cc1. The van der Waals surface area contributed by atoms with Crippen molar-refractivity contribution >= 4 is 48.5 Å². The zero-order valence-electron chi connectivity index (χ0n) is 32.9. The lowest BCUT2D eigenvalue weighted by atomic mass is 9.92. The van der Waals surface area contributed by atoms with E-state index in [0.29, 0.717) is 0 Å². The van der Waals surface area contributed by atoms with Crippen LogP contribution in [0.3, 0.4) is 0 Å². The Morgan fingerprint density at radius 3 is 1.87 bits per heavy atom. The number of carbonyl (C=O) groups excluding carboxylic acids is 7. The topological polar surface area (TPSA) is 276 Å². The van der Waals surface area contributed by atoms with E-state index in [-0.39, 0.29) is 17.9 Å². The molecule has 18 nitrogen and oxygen atoms in total. The van der Waals surface area contributed by atoms with E-state index in [0.717, 1.165) is 42.6 Å². The number of benzene rings is 1. The first-order valence-corrected chi connectivity index (χ1v) is 18.6. The molecule has 0 aliphatic rings. The number of rotatable bonds is 24. The first-order chi connectivity index (χ1) is 25.8. The third-order valence-corrected chi connectivity index (χ3v) is 8.59. The van der Waals surface area contributed by atoms with Gasteiger partial charge in [-0.3, -0.25) is 33.6 Å². The molecule has 308 valence electrons. The molecule has 0 spiro atoms. The number of nitrogens with one attached hydrogen (secondary N) is 6. The lowest BCUT2D eigenvalue weighted by Crippen LogP contribution is -2.59. The zero-order chi connectivity index (χ0) is 41.8. The molecule has 7 amide bonds. The highest BCUT2D eigenvalue weighted by molar-refractivity contribution is 6.41. The maximum Gasteiger partial charge on any atom is 0.472 e. The molecule has 10 N–H and O–H groups in total. The number of unbranched alkanes of at least 4 members (excludes halogenated alkanes) is 3. The van der Waals surface area contributed by atoms with Crippen molar-refractivity contribution in [3.63, 3.8) is 0 Å². The van der Waals surface area contributed by atoms with Crippen LogP contribution >= 0.6 is 0 Å². The summed E-state index contributed by atoms with van der Waals surface area (Å²) in [6.45, 7) is 8.24. The average molecular weight is 778 g/mol. The van der Waals surface area contributed by atoms with Crippen LogP contribution in [0.25, 0.3) is 0 Å². The van der Waals surface area contributed by atoms with E-state index in [4.69, 9.17) is 10.0 Å². The molecule has 3 unspecified atom stereocenters. The number of aryl methyl sites for hydroxylation is 1. The molecule has 55 heavy (non-hydrogen) atoms. The first kappa shape index (κ1) is 48.4. The van der Waals surface area contributed by atoms with Crippen LogP contribution in [-0.4, -0.2) is 137 Å². The van der Waals surface area contributed by atoms with Gasteiger partial charge < -0.3 is 57.1 Å². The Kier molecular flexibility index (Phi) is 21.8. The number of nitrogens with zero attached hydrogens (tertiary/aromatic N) is 1. The molecule has 0 bridgehead atoms. The zero-order valence-corrected chi connectivity index (χ0v) is 32.9. The first-order valence-electron chi connectivity index (χ1n) is 18.6. The lowest BCUT2D eigenvalue weighted by molar-refractivity contribution is -0.144. The summed E-state index contributed by atoms with van der Waals surface area (Å²) in [6, 6.07) is 0.543. The number of likely N-dealkylation sites (N-methyl/N-ethyl adjacent to an activating group) is 1. The van der Waals surface area contributed by atoms with Crippen molar-refractivity contribution in [3.05, 3.63) is 35.4 Å². The number of aliphatic hydroxyl groups excluding tert-OH is 2. The van der Waals surface area contributed by atoms with Crippen molar-refractivity contribution in [2.75, 3.05) is 26.6 Å². The highest BCUT2D eigenvalue weighted by Gasteiger charge is 2.34. The van der Waals surface area contributed by atoms with Gasteiger partial charge in [-0.15, -0.1) is 0 Å². The Hall–Kier alpha value is -4.59. The summed E-state index contributed by atoms with van der Waals surface area (Å²) in [4.78, 5) is 90.8. The molecular formula is C36H60BN7O11. The molecule has 0 radical (unpaired) electrons. The van der Waals surface area contributed by atoms with Gasteiger partial charge in [-0.1, -0.05) is 52.2 Å². The maximum atomic E-state index is 13.2. The number of amides is 7. The minimum absolute atomic E-state index is 0.0392. The third kappa shape index (κ3) is 17.6. The fourth-order valence-electron chi connectivity index (χ4n) is 5.39. The van der Waals surface area contributed by atoms with Crippen LogP contribution in [0.2, 0.25) is 0 Å². The van der Waals surface area contributed by atoms with Crippen molar-refractivity contribution in [3.8, 4) is 0 Å². The van der Waals surface area contributed by atoms with Gasteiger partial charge in [0.25, 0.3) is 5.91 Å². The molecule has 1 aromatic rings. The average Bonchev–Trinajstić information content (AvgIpc) is 3.12. The highest BCUT2D eigenvalue weighted by atomic mass is 16.4.